The fraction of sp³-hybridized carbons (Fsp3) is 1.00. The fourth-order valence-corrected chi connectivity index (χ4v) is 3.64. The van der Waals surface area contributed by atoms with Crippen molar-refractivity contribution in [2.24, 2.45) is 0 Å². The summed E-state index contributed by atoms with van der Waals surface area (Å²) in [6.45, 7) is -0.685. The Balaban J connectivity index is 3.17. The average molecular weight is 428 g/mol. The number of aliphatic hydroxyl groups excluding tert-OH is 1. The van der Waals surface area contributed by atoms with Crippen molar-refractivity contribution in [3.8, 4) is 0 Å². The SMILES string of the molecule is CO[C@H]1O[C@H](COS(C)(=O)=O)[C@@H](O)[C@H](OS(C)(=O)=O)[C@H]1OS(C)(=O)=O. The number of ether oxygens (including phenoxy) is 2. The highest BCUT2D eigenvalue weighted by Crippen LogP contribution is 2.28. The molecule has 0 aromatic heterocycles. The molecule has 0 aromatic carbocycles. The second-order valence-corrected chi connectivity index (χ2v) is 10.1. The first-order valence-electron chi connectivity index (χ1n) is 6.60. The van der Waals surface area contributed by atoms with Gasteiger partial charge in [0, 0.05) is 7.11 Å². The minimum atomic E-state index is -4.15. The number of hydrogen-bond donors (Lipinski definition) is 1. The molecule has 1 rings (SSSR count). The number of methoxy groups -OCH3 is 1. The molecule has 1 aliphatic rings. The normalized spacial score (nSPS) is 31.8. The van der Waals surface area contributed by atoms with Gasteiger partial charge in [-0.1, -0.05) is 0 Å². The number of hydrogen-bond acceptors (Lipinski definition) is 12. The second-order valence-electron chi connectivity index (χ2n) is 5.29. The lowest BCUT2D eigenvalue weighted by atomic mass is 9.99. The standard InChI is InChI=1S/C10H20O12S3/c1-18-10-9(22-25(4,16)17)8(21-24(3,14)15)7(11)6(20-10)5-19-23(2,12)13/h6-11H,5H2,1-4H3/t6-,7-,8+,9-,10+/m1/s1. The Bertz CT molecular complexity index is 755. The summed E-state index contributed by atoms with van der Waals surface area (Å²) >= 11 is 0. The molecule has 0 radical (unpaired) electrons. The highest BCUT2D eigenvalue weighted by molar-refractivity contribution is 7.86. The van der Waals surface area contributed by atoms with Gasteiger partial charge in [0.25, 0.3) is 30.4 Å². The Morgan fingerprint density at radius 3 is 1.76 bits per heavy atom. The molecule has 1 heterocycles. The van der Waals surface area contributed by atoms with Crippen LogP contribution in [-0.4, -0.2) is 93.5 Å². The first kappa shape index (κ1) is 22.7. The summed E-state index contributed by atoms with van der Waals surface area (Å²) in [6, 6.07) is 0. The topological polar surface area (TPSA) is 169 Å². The van der Waals surface area contributed by atoms with Crippen LogP contribution in [0.1, 0.15) is 0 Å². The van der Waals surface area contributed by atoms with Crippen LogP contribution >= 0.6 is 0 Å². The molecule has 0 bridgehead atoms. The van der Waals surface area contributed by atoms with Crippen LogP contribution in [0.5, 0.6) is 0 Å². The number of aliphatic hydroxyl groups is 1. The molecule has 25 heavy (non-hydrogen) atoms. The highest BCUT2D eigenvalue weighted by Gasteiger charge is 2.50. The molecule has 12 nitrogen and oxygen atoms in total. The van der Waals surface area contributed by atoms with E-state index >= 15 is 0 Å². The third kappa shape index (κ3) is 7.79. The molecular weight excluding hydrogens is 408 g/mol. The molecule has 1 saturated heterocycles. The number of rotatable bonds is 8. The van der Waals surface area contributed by atoms with Gasteiger partial charge in [-0.25, -0.2) is 0 Å². The molecule has 0 aliphatic carbocycles. The molecule has 1 N–H and O–H groups in total. The van der Waals surface area contributed by atoms with Crippen molar-refractivity contribution >= 4 is 30.4 Å². The van der Waals surface area contributed by atoms with Gasteiger partial charge in [0.2, 0.25) is 0 Å². The predicted molar refractivity (Wildman–Crippen MR) is 81.9 cm³/mol. The molecule has 0 spiro atoms. The van der Waals surface area contributed by atoms with Crippen LogP contribution in [0.4, 0.5) is 0 Å². The van der Waals surface area contributed by atoms with E-state index in [2.05, 4.69) is 4.18 Å². The summed E-state index contributed by atoms with van der Waals surface area (Å²) in [6.07, 6.45) is -5.97. The first-order valence-corrected chi connectivity index (χ1v) is 12.0. The zero-order chi connectivity index (χ0) is 19.6. The van der Waals surface area contributed by atoms with E-state index in [1.165, 1.54) is 0 Å². The van der Waals surface area contributed by atoms with Crippen molar-refractivity contribution in [2.75, 3.05) is 32.5 Å². The van der Waals surface area contributed by atoms with Crippen LogP contribution in [0.3, 0.4) is 0 Å². The van der Waals surface area contributed by atoms with E-state index in [1.807, 2.05) is 0 Å². The Morgan fingerprint density at radius 2 is 1.36 bits per heavy atom. The summed E-state index contributed by atoms with van der Waals surface area (Å²) in [7, 11) is -11.0. The molecular formula is C10H20O12S3. The van der Waals surface area contributed by atoms with E-state index in [4.69, 9.17) is 17.8 Å². The quantitative estimate of drug-likeness (QED) is 0.400. The Labute approximate surface area is 146 Å². The van der Waals surface area contributed by atoms with Crippen LogP contribution in [0.25, 0.3) is 0 Å². The predicted octanol–water partition coefficient (Wildman–Crippen LogP) is -2.62. The van der Waals surface area contributed by atoms with Crippen molar-refractivity contribution in [1.29, 1.82) is 0 Å². The van der Waals surface area contributed by atoms with Gasteiger partial charge in [0.1, 0.15) is 18.3 Å². The molecule has 1 fully saturated rings. The van der Waals surface area contributed by atoms with E-state index in [1.54, 1.807) is 0 Å². The van der Waals surface area contributed by atoms with Crippen LogP contribution in [0.2, 0.25) is 0 Å². The van der Waals surface area contributed by atoms with Crippen molar-refractivity contribution < 1.29 is 52.4 Å². The highest BCUT2D eigenvalue weighted by atomic mass is 32.2. The van der Waals surface area contributed by atoms with Gasteiger partial charge >= 0.3 is 0 Å². The summed E-state index contributed by atoms with van der Waals surface area (Å²) in [4.78, 5) is 0. The lowest BCUT2D eigenvalue weighted by Gasteiger charge is -2.42. The first-order chi connectivity index (χ1) is 11.1. The molecule has 150 valence electrons. The monoisotopic (exact) mass is 428 g/mol. The maximum Gasteiger partial charge on any atom is 0.264 e. The van der Waals surface area contributed by atoms with E-state index in [0.717, 1.165) is 13.4 Å². The minimum absolute atomic E-state index is 0.677. The maximum atomic E-state index is 11.4. The minimum Gasteiger partial charge on any atom is -0.387 e. The van der Waals surface area contributed by atoms with Crippen molar-refractivity contribution in [3.63, 3.8) is 0 Å². The largest absolute Gasteiger partial charge is 0.387 e. The Hall–Kier alpha value is -0.390. The summed E-state index contributed by atoms with van der Waals surface area (Å²) < 4.78 is 91.9. The van der Waals surface area contributed by atoms with E-state index in [-0.39, 0.29) is 0 Å². The molecule has 0 saturated carbocycles. The summed E-state index contributed by atoms with van der Waals surface area (Å²) in [5, 5.41) is 10.2. The van der Waals surface area contributed by atoms with Gasteiger partial charge in [0.15, 0.2) is 12.4 Å². The maximum absolute atomic E-state index is 11.4. The van der Waals surface area contributed by atoms with Gasteiger partial charge < -0.3 is 14.6 Å². The van der Waals surface area contributed by atoms with Crippen LogP contribution in [0, 0.1) is 0 Å². The van der Waals surface area contributed by atoms with E-state index in [0.29, 0.717) is 12.5 Å². The van der Waals surface area contributed by atoms with Gasteiger partial charge in [-0.2, -0.15) is 25.3 Å². The van der Waals surface area contributed by atoms with Gasteiger partial charge in [-0.3, -0.25) is 12.5 Å². The summed E-state index contributed by atoms with van der Waals surface area (Å²) in [5.41, 5.74) is 0. The molecule has 0 unspecified atom stereocenters. The van der Waals surface area contributed by atoms with Gasteiger partial charge in [-0.15, -0.1) is 0 Å². The molecule has 5 atom stereocenters. The third-order valence-electron chi connectivity index (χ3n) is 2.87. The van der Waals surface area contributed by atoms with Gasteiger partial charge in [-0.05, 0) is 0 Å². The van der Waals surface area contributed by atoms with Crippen LogP contribution < -0.4 is 0 Å². The Morgan fingerprint density at radius 1 is 0.880 bits per heavy atom. The van der Waals surface area contributed by atoms with Crippen molar-refractivity contribution in [1.82, 2.24) is 0 Å². The smallest absolute Gasteiger partial charge is 0.264 e. The third-order valence-corrected chi connectivity index (χ3v) is 4.58. The Kier molecular flexibility index (Phi) is 7.34. The van der Waals surface area contributed by atoms with Gasteiger partial charge in [0.05, 0.1) is 25.4 Å². The van der Waals surface area contributed by atoms with Crippen LogP contribution in [0.15, 0.2) is 0 Å². The molecule has 15 heteroatoms. The van der Waals surface area contributed by atoms with Crippen molar-refractivity contribution in [2.45, 2.75) is 30.7 Å². The zero-order valence-corrected chi connectivity index (χ0v) is 16.2. The lowest BCUT2D eigenvalue weighted by molar-refractivity contribution is -0.281. The van der Waals surface area contributed by atoms with Crippen molar-refractivity contribution in [3.05, 3.63) is 0 Å². The zero-order valence-electron chi connectivity index (χ0n) is 13.8. The average Bonchev–Trinajstić information content (AvgIpc) is 2.38. The molecule has 1 aliphatic heterocycles. The second kappa shape index (κ2) is 8.10. The molecule has 0 aromatic rings. The van der Waals surface area contributed by atoms with E-state index in [9.17, 15) is 30.4 Å². The summed E-state index contributed by atoms with van der Waals surface area (Å²) in [5.74, 6) is 0. The fourth-order valence-electron chi connectivity index (χ4n) is 2.02. The van der Waals surface area contributed by atoms with Crippen LogP contribution in [-0.2, 0) is 52.4 Å². The van der Waals surface area contributed by atoms with E-state index < -0.39 is 67.7 Å². The lowest BCUT2D eigenvalue weighted by Crippen LogP contribution is -2.61. The molecule has 0 amide bonds.